The highest BCUT2D eigenvalue weighted by Crippen LogP contribution is 2.43. The van der Waals surface area contributed by atoms with E-state index in [4.69, 9.17) is 9.47 Å². The van der Waals surface area contributed by atoms with E-state index >= 15 is 0 Å². The van der Waals surface area contributed by atoms with Crippen LogP contribution in [0.5, 0.6) is 34.5 Å². The Bertz CT molecular complexity index is 1500. The lowest BCUT2D eigenvalue weighted by atomic mass is 9.91. The van der Waals surface area contributed by atoms with Gasteiger partial charge in [-0.3, -0.25) is 9.59 Å². The van der Waals surface area contributed by atoms with Gasteiger partial charge in [0, 0.05) is 23.3 Å². The van der Waals surface area contributed by atoms with Crippen LogP contribution in [0.3, 0.4) is 0 Å². The molecule has 0 aromatic heterocycles. The van der Waals surface area contributed by atoms with Gasteiger partial charge in [-0.1, -0.05) is 12.1 Å². The Morgan fingerprint density at radius 3 is 1.37 bits per heavy atom. The third-order valence-corrected chi connectivity index (χ3v) is 6.89. The van der Waals surface area contributed by atoms with Crippen molar-refractivity contribution in [2.45, 2.75) is 25.0 Å². The van der Waals surface area contributed by atoms with Gasteiger partial charge in [-0.2, -0.15) is 0 Å². The van der Waals surface area contributed by atoms with Crippen LogP contribution < -0.4 is 9.47 Å². The summed E-state index contributed by atoms with van der Waals surface area (Å²) in [5.74, 6) is 0.0300. The van der Waals surface area contributed by atoms with Crippen molar-refractivity contribution >= 4 is 11.6 Å². The monoisotopic (exact) mass is 510 g/mol. The molecule has 190 valence electrons. The number of phenols is 4. The first-order valence-corrected chi connectivity index (χ1v) is 12.0. The molecule has 2 atom stereocenters. The number of phenolic OH excluding ortho intramolecular Hbond substituents is 4. The van der Waals surface area contributed by atoms with Gasteiger partial charge >= 0.3 is 0 Å². The molecule has 4 aromatic rings. The summed E-state index contributed by atoms with van der Waals surface area (Å²) in [6.45, 7) is 0. The molecule has 6 rings (SSSR count). The molecule has 2 unspecified atom stereocenters. The normalized spacial score (nSPS) is 18.2. The van der Waals surface area contributed by atoms with Gasteiger partial charge in [0.25, 0.3) is 0 Å². The van der Waals surface area contributed by atoms with Crippen molar-refractivity contribution in [2.24, 2.45) is 0 Å². The quantitative estimate of drug-likeness (QED) is 0.280. The van der Waals surface area contributed by atoms with E-state index in [0.29, 0.717) is 33.4 Å². The molecule has 0 spiro atoms. The van der Waals surface area contributed by atoms with E-state index in [-0.39, 0.29) is 58.9 Å². The highest BCUT2D eigenvalue weighted by atomic mass is 16.5. The summed E-state index contributed by atoms with van der Waals surface area (Å²) in [6, 6.07) is 18.2. The van der Waals surface area contributed by atoms with Crippen LogP contribution in [0.15, 0.2) is 72.8 Å². The molecule has 0 amide bonds. The molecule has 2 aliphatic heterocycles. The number of fused-ring (bicyclic) bond motifs is 2. The zero-order valence-electron chi connectivity index (χ0n) is 19.9. The Kier molecular flexibility index (Phi) is 5.45. The molecule has 0 fully saturated rings. The van der Waals surface area contributed by atoms with E-state index in [1.54, 1.807) is 24.3 Å². The van der Waals surface area contributed by atoms with Crippen LogP contribution in [0.2, 0.25) is 0 Å². The summed E-state index contributed by atoms with van der Waals surface area (Å²) < 4.78 is 12.0. The molecule has 0 bridgehead atoms. The first-order chi connectivity index (χ1) is 18.3. The zero-order valence-corrected chi connectivity index (χ0v) is 19.9. The van der Waals surface area contributed by atoms with Crippen LogP contribution in [0, 0.1) is 0 Å². The van der Waals surface area contributed by atoms with Gasteiger partial charge in [-0.05, 0) is 59.7 Å². The smallest absolute Gasteiger partial charge is 0.170 e. The van der Waals surface area contributed by atoms with E-state index in [9.17, 15) is 30.0 Å². The average molecular weight is 510 g/mol. The van der Waals surface area contributed by atoms with Crippen LogP contribution in [0.25, 0.3) is 11.1 Å². The minimum Gasteiger partial charge on any atom is -0.508 e. The van der Waals surface area contributed by atoms with Crippen molar-refractivity contribution in [1.29, 1.82) is 0 Å². The van der Waals surface area contributed by atoms with E-state index in [1.165, 1.54) is 48.5 Å². The SMILES string of the molecule is O=C1CC(c2ccc(O)c(-c3cc(C4CC(=O)c5ccc(O)cc5O4)ccc3O)c2)Oc2cc(O)ccc21. The fourth-order valence-corrected chi connectivity index (χ4v) is 4.94. The fourth-order valence-electron chi connectivity index (χ4n) is 4.94. The first-order valence-electron chi connectivity index (χ1n) is 12.0. The number of carbonyl (C=O) groups excluding carboxylic acids is 2. The summed E-state index contributed by atoms with van der Waals surface area (Å²) in [5.41, 5.74) is 2.58. The van der Waals surface area contributed by atoms with Crippen LogP contribution >= 0.6 is 0 Å². The maximum Gasteiger partial charge on any atom is 0.170 e. The number of ketones is 2. The number of Topliss-reactive ketones (excluding diaryl/α,β-unsaturated/α-hetero) is 2. The molecule has 8 nitrogen and oxygen atoms in total. The maximum absolute atomic E-state index is 12.7. The van der Waals surface area contributed by atoms with E-state index in [0.717, 1.165) is 0 Å². The lowest BCUT2D eigenvalue weighted by Gasteiger charge is -2.27. The molecule has 4 N–H and O–H groups in total. The second-order valence-corrected chi connectivity index (χ2v) is 9.38. The predicted octanol–water partition coefficient (Wildman–Crippen LogP) is 5.59. The summed E-state index contributed by atoms with van der Waals surface area (Å²) in [5, 5.41) is 41.0. The van der Waals surface area contributed by atoms with E-state index in [1.807, 2.05) is 0 Å². The Balaban J connectivity index is 1.35. The highest BCUT2D eigenvalue weighted by Gasteiger charge is 2.30. The maximum atomic E-state index is 12.7. The molecule has 2 aliphatic rings. The van der Waals surface area contributed by atoms with Crippen molar-refractivity contribution < 1.29 is 39.5 Å². The Labute approximate surface area is 217 Å². The topological polar surface area (TPSA) is 134 Å². The standard InChI is InChI=1S/C30H22O8/c31-17-3-5-19-25(35)13-27(37-29(19)11-17)15-1-7-23(33)21(9-15)22-10-16(2-8-24(22)34)28-14-26(36)20-6-4-18(32)12-30(20)38-28/h1-12,27-28,31-34H,13-14H2. The largest absolute Gasteiger partial charge is 0.508 e. The van der Waals surface area contributed by atoms with Crippen molar-refractivity contribution in [1.82, 2.24) is 0 Å². The second kappa shape index (κ2) is 8.85. The van der Waals surface area contributed by atoms with Crippen LogP contribution in [0.1, 0.15) is 56.9 Å². The van der Waals surface area contributed by atoms with E-state index in [2.05, 4.69) is 0 Å². The van der Waals surface area contributed by atoms with Gasteiger partial charge in [0.1, 0.15) is 46.7 Å². The van der Waals surface area contributed by atoms with Gasteiger partial charge in [0.15, 0.2) is 11.6 Å². The fraction of sp³-hybridized carbons (Fsp3) is 0.133. The Morgan fingerprint density at radius 2 is 0.947 bits per heavy atom. The summed E-state index contributed by atoms with van der Waals surface area (Å²) >= 11 is 0. The highest BCUT2D eigenvalue weighted by molar-refractivity contribution is 6.01. The molecule has 4 aromatic carbocycles. The van der Waals surface area contributed by atoms with Gasteiger partial charge in [-0.15, -0.1) is 0 Å². The predicted molar refractivity (Wildman–Crippen MR) is 136 cm³/mol. The lowest BCUT2D eigenvalue weighted by molar-refractivity contribution is 0.0840. The minimum atomic E-state index is -0.662. The third-order valence-electron chi connectivity index (χ3n) is 6.89. The number of hydrogen-bond donors (Lipinski definition) is 4. The van der Waals surface area contributed by atoms with Crippen molar-refractivity contribution in [3.05, 3.63) is 95.1 Å². The Morgan fingerprint density at radius 1 is 0.526 bits per heavy atom. The number of carbonyl (C=O) groups is 2. The molecule has 0 saturated carbocycles. The van der Waals surface area contributed by atoms with Gasteiger partial charge < -0.3 is 29.9 Å². The van der Waals surface area contributed by atoms with Crippen LogP contribution in [0.4, 0.5) is 0 Å². The molecule has 8 heteroatoms. The summed E-state index contributed by atoms with van der Waals surface area (Å²) in [6.07, 6.45) is -1.19. The molecule has 0 saturated heterocycles. The third kappa shape index (κ3) is 4.06. The number of hydrogen-bond acceptors (Lipinski definition) is 8. The van der Waals surface area contributed by atoms with Crippen LogP contribution in [-0.4, -0.2) is 32.0 Å². The molecular weight excluding hydrogens is 488 g/mol. The Hall–Kier alpha value is -4.98. The average Bonchev–Trinajstić information content (AvgIpc) is 2.88. The van der Waals surface area contributed by atoms with Crippen molar-refractivity contribution in [3.8, 4) is 45.6 Å². The van der Waals surface area contributed by atoms with Crippen molar-refractivity contribution in [3.63, 3.8) is 0 Å². The number of aromatic hydroxyl groups is 4. The molecule has 38 heavy (non-hydrogen) atoms. The van der Waals surface area contributed by atoms with Gasteiger partial charge in [0.2, 0.25) is 0 Å². The van der Waals surface area contributed by atoms with Crippen LogP contribution in [-0.2, 0) is 0 Å². The molecular formula is C30H22O8. The van der Waals surface area contributed by atoms with Gasteiger partial charge in [0.05, 0.1) is 24.0 Å². The first kappa shape index (κ1) is 23.4. The summed E-state index contributed by atoms with van der Waals surface area (Å²) in [7, 11) is 0. The zero-order chi connectivity index (χ0) is 26.6. The number of benzene rings is 4. The van der Waals surface area contributed by atoms with E-state index < -0.39 is 12.2 Å². The summed E-state index contributed by atoms with van der Waals surface area (Å²) in [4.78, 5) is 25.4. The number of ether oxygens (including phenoxy) is 2. The molecule has 0 radical (unpaired) electrons. The van der Waals surface area contributed by atoms with Crippen molar-refractivity contribution in [2.75, 3.05) is 0 Å². The molecule has 2 heterocycles. The second-order valence-electron chi connectivity index (χ2n) is 9.38. The lowest BCUT2D eigenvalue weighted by Crippen LogP contribution is -2.20. The molecule has 0 aliphatic carbocycles. The minimum absolute atomic E-state index is 0.0217. The van der Waals surface area contributed by atoms with Gasteiger partial charge in [-0.25, -0.2) is 0 Å². The number of rotatable bonds is 3.